The molecule has 20 heavy (non-hydrogen) atoms. The van der Waals surface area contributed by atoms with Gasteiger partial charge in [-0.25, -0.2) is 8.78 Å². The number of hydrogen-bond acceptors (Lipinski definition) is 1. The standard InChI is InChI=1S/C15H18ClF2NO/c16-8-2-1-3-15(20)19(13-6-7-13)10-11-4-5-12(17)9-14(11)18/h4-5,9,13H,1-3,6-8,10H2. The molecule has 0 aromatic heterocycles. The molecule has 0 unspecified atom stereocenters. The number of carbonyl (C=O) groups is 1. The summed E-state index contributed by atoms with van der Waals surface area (Å²) in [6, 6.07) is 3.70. The normalized spacial score (nSPS) is 14.3. The quantitative estimate of drug-likeness (QED) is 0.553. The maximum atomic E-state index is 13.7. The van der Waals surface area contributed by atoms with Crippen molar-refractivity contribution in [2.45, 2.75) is 44.7 Å². The predicted octanol–water partition coefficient (Wildman–Crippen LogP) is 3.86. The number of halogens is 3. The van der Waals surface area contributed by atoms with Crippen LogP contribution in [0.1, 0.15) is 37.7 Å². The SMILES string of the molecule is O=C(CCCCCl)N(Cc1ccc(F)cc1F)C1CC1. The fraction of sp³-hybridized carbons (Fsp3) is 0.533. The van der Waals surface area contributed by atoms with E-state index in [2.05, 4.69) is 0 Å². The summed E-state index contributed by atoms with van der Waals surface area (Å²) in [5.41, 5.74) is 0.365. The van der Waals surface area contributed by atoms with Crippen LogP contribution in [0.5, 0.6) is 0 Å². The first-order chi connectivity index (χ1) is 9.61. The predicted molar refractivity (Wildman–Crippen MR) is 74.5 cm³/mol. The van der Waals surface area contributed by atoms with Crippen molar-refractivity contribution in [1.29, 1.82) is 0 Å². The van der Waals surface area contributed by atoms with Gasteiger partial charge in [0.15, 0.2) is 0 Å². The van der Waals surface area contributed by atoms with Crippen molar-refractivity contribution in [2.24, 2.45) is 0 Å². The second-order valence-corrected chi connectivity index (χ2v) is 5.51. The first-order valence-electron chi connectivity index (χ1n) is 6.91. The molecule has 2 nitrogen and oxygen atoms in total. The van der Waals surface area contributed by atoms with Gasteiger partial charge in [-0.1, -0.05) is 6.07 Å². The van der Waals surface area contributed by atoms with Crippen LogP contribution < -0.4 is 0 Å². The van der Waals surface area contributed by atoms with Crippen LogP contribution in [0.3, 0.4) is 0 Å². The third-order valence-electron chi connectivity index (χ3n) is 3.44. The molecular formula is C15H18ClF2NO. The van der Waals surface area contributed by atoms with E-state index in [9.17, 15) is 13.6 Å². The average Bonchev–Trinajstić information content (AvgIpc) is 3.22. The Labute approximate surface area is 122 Å². The molecule has 0 heterocycles. The first kappa shape index (κ1) is 15.2. The molecule has 0 aliphatic heterocycles. The molecule has 110 valence electrons. The summed E-state index contributed by atoms with van der Waals surface area (Å²) >= 11 is 5.59. The van der Waals surface area contributed by atoms with Crippen LogP contribution in [0.25, 0.3) is 0 Å². The maximum Gasteiger partial charge on any atom is 0.223 e. The topological polar surface area (TPSA) is 20.3 Å². The van der Waals surface area contributed by atoms with Gasteiger partial charge < -0.3 is 4.90 Å². The van der Waals surface area contributed by atoms with Crippen LogP contribution >= 0.6 is 11.6 Å². The molecule has 0 radical (unpaired) electrons. The van der Waals surface area contributed by atoms with Crippen molar-refractivity contribution < 1.29 is 13.6 Å². The lowest BCUT2D eigenvalue weighted by Crippen LogP contribution is -2.32. The molecule has 1 saturated carbocycles. The van der Waals surface area contributed by atoms with Gasteiger partial charge in [-0.3, -0.25) is 4.79 Å². The number of rotatable bonds is 7. The van der Waals surface area contributed by atoms with E-state index in [1.807, 2.05) is 0 Å². The molecule has 0 bridgehead atoms. The zero-order chi connectivity index (χ0) is 14.5. The number of nitrogens with zero attached hydrogens (tertiary/aromatic N) is 1. The third-order valence-corrected chi connectivity index (χ3v) is 3.71. The van der Waals surface area contributed by atoms with Gasteiger partial charge in [0.25, 0.3) is 0 Å². The molecule has 1 amide bonds. The van der Waals surface area contributed by atoms with Gasteiger partial charge >= 0.3 is 0 Å². The Kier molecular flexibility index (Phi) is 5.35. The van der Waals surface area contributed by atoms with Crippen molar-refractivity contribution in [1.82, 2.24) is 4.90 Å². The fourth-order valence-corrected chi connectivity index (χ4v) is 2.34. The number of alkyl halides is 1. The number of benzene rings is 1. The minimum Gasteiger partial charge on any atom is -0.335 e. The van der Waals surface area contributed by atoms with E-state index in [0.29, 0.717) is 17.9 Å². The lowest BCUT2D eigenvalue weighted by atomic mass is 10.1. The highest BCUT2D eigenvalue weighted by Crippen LogP contribution is 2.29. The van der Waals surface area contributed by atoms with Gasteiger partial charge in [-0.05, 0) is 31.7 Å². The minimum absolute atomic E-state index is 0.0290. The molecule has 1 aliphatic rings. The minimum atomic E-state index is -0.599. The first-order valence-corrected chi connectivity index (χ1v) is 7.44. The summed E-state index contributed by atoms with van der Waals surface area (Å²) in [5.74, 6) is -0.619. The summed E-state index contributed by atoms with van der Waals surface area (Å²) in [5, 5.41) is 0. The molecule has 5 heteroatoms. The molecule has 0 atom stereocenters. The van der Waals surface area contributed by atoms with Gasteiger partial charge in [0.2, 0.25) is 5.91 Å². The molecule has 1 aromatic rings. The molecule has 2 rings (SSSR count). The van der Waals surface area contributed by atoms with E-state index in [-0.39, 0.29) is 18.5 Å². The summed E-state index contributed by atoms with van der Waals surface area (Å²) < 4.78 is 26.6. The highest BCUT2D eigenvalue weighted by Gasteiger charge is 2.32. The van der Waals surface area contributed by atoms with Crippen LogP contribution in [-0.4, -0.2) is 22.7 Å². The number of carbonyl (C=O) groups excluding carboxylic acids is 1. The van der Waals surface area contributed by atoms with Gasteiger partial charge in [0, 0.05) is 36.5 Å². The van der Waals surface area contributed by atoms with Gasteiger partial charge in [-0.15, -0.1) is 11.6 Å². The van der Waals surface area contributed by atoms with E-state index < -0.39 is 11.6 Å². The van der Waals surface area contributed by atoms with E-state index in [1.165, 1.54) is 12.1 Å². The van der Waals surface area contributed by atoms with Crippen molar-refractivity contribution in [3.63, 3.8) is 0 Å². The van der Waals surface area contributed by atoms with Crippen molar-refractivity contribution in [2.75, 3.05) is 5.88 Å². The molecule has 0 N–H and O–H groups in total. The molecule has 1 aromatic carbocycles. The zero-order valence-corrected chi connectivity index (χ0v) is 12.0. The van der Waals surface area contributed by atoms with Gasteiger partial charge in [0.05, 0.1) is 0 Å². The van der Waals surface area contributed by atoms with Crippen LogP contribution in [0, 0.1) is 11.6 Å². The Morgan fingerprint density at radius 2 is 2.05 bits per heavy atom. The van der Waals surface area contributed by atoms with Crippen LogP contribution in [0.15, 0.2) is 18.2 Å². The smallest absolute Gasteiger partial charge is 0.223 e. The summed E-state index contributed by atoms with van der Waals surface area (Å²) in [4.78, 5) is 13.9. The van der Waals surface area contributed by atoms with Crippen molar-refractivity contribution >= 4 is 17.5 Å². The van der Waals surface area contributed by atoms with E-state index in [0.717, 1.165) is 31.7 Å². The number of hydrogen-bond donors (Lipinski definition) is 0. The molecular weight excluding hydrogens is 284 g/mol. The summed E-state index contributed by atoms with van der Waals surface area (Å²) in [6.07, 6.45) is 3.91. The molecule has 0 saturated heterocycles. The average molecular weight is 302 g/mol. The van der Waals surface area contributed by atoms with Crippen LogP contribution in [0.2, 0.25) is 0 Å². The van der Waals surface area contributed by atoms with Gasteiger partial charge in [0.1, 0.15) is 11.6 Å². The third kappa shape index (κ3) is 4.17. The summed E-state index contributed by atoms with van der Waals surface area (Å²) in [7, 11) is 0. The highest BCUT2D eigenvalue weighted by atomic mass is 35.5. The Hall–Kier alpha value is -1.16. The Bertz CT molecular complexity index is 477. The number of unbranched alkanes of at least 4 members (excludes halogenated alkanes) is 1. The second-order valence-electron chi connectivity index (χ2n) is 5.13. The Morgan fingerprint density at radius 1 is 1.30 bits per heavy atom. The largest absolute Gasteiger partial charge is 0.335 e. The van der Waals surface area contributed by atoms with Crippen molar-refractivity contribution in [3.8, 4) is 0 Å². The fourth-order valence-electron chi connectivity index (χ4n) is 2.15. The molecule has 1 aliphatic carbocycles. The van der Waals surface area contributed by atoms with E-state index in [4.69, 9.17) is 11.6 Å². The summed E-state index contributed by atoms with van der Waals surface area (Å²) in [6.45, 7) is 0.219. The number of amides is 1. The maximum absolute atomic E-state index is 13.7. The zero-order valence-electron chi connectivity index (χ0n) is 11.2. The lowest BCUT2D eigenvalue weighted by Gasteiger charge is -2.23. The van der Waals surface area contributed by atoms with Crippen LogP contribution in [0.4, 0.5) is 8.78 Å². The molecule has 1 fully saturated rings. The Balaban J connectivity index is 2.00. The molecule has 0 spiro atoms. The van der Waals surface area contributed by atoms with Gasteiger partial charge in [-0.2, -0.15) is 0 Å². The second kappa shape index (κ2) is 7.02. The van der Waals surface area contributed by atoms with Crippen LogP contribution in [-0.2, 0) is 11.3 Å². The Morgan fingerprint density at radius 3 is 2.65 bits per heavy atom. The lowest BCUT2D eigenvalue weighted by molar-refractivity contribution is -0.132. The van der Waals surface area contributed by atoms with Crippen molar-refractivity contribution in [3.05, 3.63) is 35.4 Å². The van der Waals surface area contributed by atoms with E-state index in [1.54, 1.807) is 4.90 Å². The highest BCUT2D eigenvalue weighted by molar-refractivity contribution is 6.17. The van der Waals surface area contributed by atoms with E-state index >= 15 is 0 Å². The monoisotopic (exact) mass is 301 g/mol.